The first-order valence-electron chi connectivity index (χ1n) is 33.0. The zero-order valence-electron chi connectivity index (χ0n) is 50.5. The van der Waals surface area contributed by atoms with Crippen LogP contribution in [0.2, 0.25) is 0 Å². The van der Waals surface area contributed by atoms with E-state index >= 15 is 0 Å². The molecule has 0 amide bonds. The van der Waals surface area contributed by atoms with Gasteiger partial charge >= 0.3 is 0 Å². The van der Waals surface area contributed by atoms with E-state index in [1.165, 1.54) is 351 Å². The van der Waals surface area contributed by atoms with Crippen molar-refractivity contribution in [3.05, 3.63) is 55.3 Å². The van der Waals surface area contributed by atoms with Crippen LogP contribution in [0.5, 0.6) is 0 Å². The van der Waals surface area contributed by atoms with Crippen molar-refractivity contribution >= 4 is 5.69 Å². The highest BCUT2D eigenvalue weighted by atomic mass is 16.9. The second-order valence-electron chi connectivity index (χ2n) is 22.9. The maximum atomic E-state index is 10.6. The molecule has 0 heterocycles. The van der Waals surface area contributed by atoms with Gasteiger partial charge in [0.25, 0.3) is 5.69 Å². The van der Waals surface area contributed by atoms with E-state index in [1.807, 2.05) is 6.07 Å². The summed E-state index contributed by atoms with van der Waals surface area (Å²) in [4.78, 5) is 18.4. The first-order chi connectivity index (χ1) is 36.2. The number of nitro benzene ring substituents is 1. The highest BCUT2D eigenvalue weighted by Gasteiger charge is 2.26. The Kier molecular flexibility index (Phi) is 61.5. The molecule has 0 bridgehead atoms. The van der Waals surface area contributed by atoms with E-state index in [1.54, 1.807) is 6.07 Å². The molecule has 0 spiro atoms. The Bertz CT molecular complexity index is 1200. The van der Waals surface area contributed by atoms with Crippen LogP contribution in [0.15, 0.2) is 18.2 Å². The van der Waals surface area contributed by atoms with E-state index in [-0.39, 0.29) is 10.6 Å². The van der Waals surface area contributed by atoms with Gasteiger partial charge in [0.1, 0.15) is 0 Å². The normalized spacial score (nSPS) is 11.3. The van der Waals surface area contributed by atoms with Gasteiger partial charge in [-0.15, -0.1) is 0 Å². The summed E-state index contributed by atoms with van der Waals surface area (Å²) in [5.41, 5.74) is 1.03. The lowest BCUT2D eigenvalue weighted by Crippen LogP contribution is -2.50. The number of hydrogen-bond acceptors (Lipinski definition) is 5. The predicted molar refractivity (Wildman–Crippen MR) is 325 cm³/mol. The molecule has 1 aromatic rings. The predicted octanol–water partition coefficient (Wildman–Crippen LogP) is 23.1. The highest BCUT2D eigenvalue weighted by Crippen LogP contribution is 2.23. The Balaban J connectivity index is 0. The molecule has 8 nitrogen and oxygen atoms in total. The topological polar surface area (TPSA) is 109 Å². The summed E-state index contributed by atoms with van der Waals surface area (Å²) >= 11 is 0. The maximum absolute atomic E-state index is 10.6. The third-order valence-electron chi connectivity index (χ3n) is 15.8. The average Bonchev–Trinajstić information content (AvgIpc) is 3.39. The summed E-state index contributed by atoms with van der Waals surface area (Å²) in [7, 11) is 0. The molecule has 0 aliphatic rings. The van der Waals surface area contributed by atoms with Crippen LogP contribution >= 0.6 is 0 Å². The van der Waals surface area contributed by atoms with E-state index in [9.17, 15) is 10.1 Å². The summed E-state index contributed by atoms with van der Waals surface area (Å²) < 4.78 is 1.49. The van der Waals surface area contributed by atoms with Gasteiger partial charge in [0.15, 0.2) is 0 Å². The summed E-state index contributed by atoms with van der Waals surface area (Å²) in [5.74, 6) is 0. The Morgan fingerprint density at radius 1 is 0.324 bits per heavy atom. The van der Waals surface area contributed by atoms with Gasteiger partial charge in [-0.25, -0.2) is 0 Å². The molecular weight excluding hydrogens is 915 g/mol. The molecule has 0 saturated heterocycles. The molecule has 0 unspecified atom stereocenters. The minimum absolute atomic E-state index is 0.0773. The van der Waals surface area contributed by atoms with Gasteiger partial charge in [-0.1, -0.05) is 310 Å². The highest BCUT2D eigenvalue weighted by molar-refractivity contribution is 5.32. The second kappa shape index (κ2) is 61.6. The molecule has 1 rings (SSSR count). The molecular formula is C66H128N3O5. The summed E-state index contributed by atoms with van der Waals surface area (Å²) in [5, 5.41) is 25.3. The number of benzene rings is 1. The lowest BCUT2D eigenvalue weighted by molar-refractivity contribution is -0.929. The fourth-order valence-corrected chi connectivity index (χ4v) is 11.0. The van der Waals surface area contributed by atoms with Gasteiger partial charge < -0.3 is 19.8 Å². The standard InChI is InChI=1S/C52H108N.C14H20NO2.NO3/c1-5-9-13-17-21-25-29-30-31-32-36-40-44-48-52-53(49-45-41-37-33-26-22-18-14-10-6-2,50-46-42-38-34-27-23-19-15-11-7-3)51-47-43-39-35-28-24-20-16-12-8-4;1-2-3-4-5-6-7-9-13-10-8-11-14(12-13)15(16)17;2-1(3)4/h5-52H2,1-4H3;8,10-11H,2-7,9H2,1H3;/q+1;;-1. The van der Waals surface area contributed by atoms with Crippen LogP contribution in [0, 0.1) is 31.5 Å². The van der Waals surface area contributed by atoms with Crippen LogP contribution in [0.25, 0.3) is 0 Å². The molecule has 0 N–H and O–H groups in total. The molecule has 0 atom stereocenters. The lowest BCUT2D eigenvalue weighted by Gasteiger charge is -2.40. The van der Waals surface area contributed by atoms with Crippen LogP contribution in [-0.4, -0.2) is 40.7 Å². The number of nitrogens with zero attached hydrogens (tertiary/aromatic N) is 3. The van der Waals surface area contributed by atoms with Gasteiger partial charge in [-0.3, -0.25) is 10.1 Å². The van der Waals surface area contributed by atoms with Crippen LogP contribution in [-0.2, 0) is 6.42 Å². The monoisotopic (exact) mass is 1040 g/mol. The molecule has 1 aromatic carbocycles. The Labute approximate surface area is 461 Å². The number of quaternary nitrogens is 1. The zero-order valence-corrected chi connectivity index (χ0v) is 50.5. The van der Waals surface area contributed by atoms with E-state index in [0.29, 0.717) is 0 Å². The fourth-order valence-electron chi connectivity index (χ4n) is 11.0. The van der Waals surface area contributed by atoms with Gasteiger partial charge in [0.05, 0.1) is 42.3 Å². The van der Waals surface area contributed by atoms with Crippen LogP contribution < -0.4 is 0 Å². The minimum Gasteiger partial charge on any atom is -0.356 e. The summed E-state index contributed by atoms with van der Waals surface area (Å²) in [6, 6.07) is 7.99. The molecule has 0 saturated carbocycles. The SMILES string of the molecule is CCCCCCCCCCCCCCCC[N+](CCCCCCCCCCCC)(CCCCCCCCCCCC)CCCCCCCCCCCC.CCCCCCCCc1[c]c([N+](=O)[O-])ccc1.O=[N+]([O-])[O-]. The van der Waals surface area contributed by atoms with Gasteiger partial charge in [0, 0.05) is 6.07 Å². The largest absolute Gasteiger partial charge is 0.356 e. The first kappa shape index (κ1) is 73.9. The molecule has 0 aliphatic heterocycles. The van der Waals surface area contributed by atoms with Crippen molar-refractivity contribution in [3.63, 3.8) is 0 Å². The third-order valence-corrected chi connectivity index (χ3v) is 15.8. The number of nitro groups is 1. The second-order valence-corrected chi connectivity index (χ2v) is 22.9. The van der Waals surface area contributed by atoms with E-state index in [0.717, 1.165) is 18.4 Å². The van der Waals surface area contributed by atoms with Crippen molar-refractivity contribution in [2.45, 2.75) is 362 Å². The maximum Gasteiger partial charge on any atom is 0.277 e. The molecule has 8 heteroatoms. The third kappa shape index (κ3) is 57.5. The van der Waals surface area contributed by atoms with Gasteiger partial charge in [-0.2, -0.15) is 0 Å². The van der Waals surface area contributed by atoms with E-state index in [4.69, 9.17) is 15.3 Å². The smallest absolute Gasteiger partial charge is 0.277 e. The Morgan fingerprint density at radius 2 is 0.527 bits per heavy atom. The van der Waals surface area contributed by atoms with Crippen LogP contribution in [0.3, 0.4) is 0 Å². The van der Waals surface area contributed by atoms with Crippen molar-refractivity contribution in [1.29, 1.82) is 0 Å². The number of unbranched alkanes of at least 4 members (excludes halogenated alkanes) is 45. The number of non-ortho nitro benzene ring substituents is 1. The summed E-state index contributed by atoms with van der Waals surface area (Å²) in [6.07, 6.45) is 73.0. The average molecular weight is 1040 g/mol. The van der Waals surface area contributed by atoms with Crippen molar-refractivity contribution < 1.29 is 14.5 Å². The minimum atomic E-state index is -1.75. The quantitative estimate of drug-likeness (QED) is 0.0279. The van der Waals surface area contributed by atoms with Gasteiger partial charge in [-0.05, 0) is 69.8 Å². The number of aryl methyl sites for hydroxylation is 1. The molecule has 437 valence electrons. The van der Waals surface area contributed by atoms with Crippen LogP contribution in [0.4, 0.5) is 5.69 Å². The van der Waals surface area contributed by atoms with Crippen molar-refractivity contribution in [2.24, 2.45) is 0 Å². The molecule has 0 aromatic heterocycles. The fraction of sp³-hybridized carbons (Fsp3) is 0.909. The van der Waals surface area contributed by atoms with E-state index in [2.05, 4.69) is 40.7 Å². The number of rotatable bonds is 56. The molecule has 74 heavy (non-hydrogen) atoms. The summed E-state index contributed by atoms with van der Waals surface area (Å²) in [6.45, 7) is 17.5. The van der Waals surface area contributed by atoms with Gasteiger partial charge in [0.2, 0.25) is 0 Å². The lowest BCUT2D eigenvalue weighted by atomic mass is 10.0. The molecule has 1 radical (unpaired) electrons. The van der Waals surface area contributed by atoms with Crippen molar-refractivity contribution in [3.8, 4) is 0 Å². The molecule has 0 fully saturated rings. The first-order valence-corrected chi connectivity index (χ1v) is 33.0. The molecule has 0 aliphatic carbocycles. The Hall–Kier alpha value is -2.22. The number of hydrogen-bond donors (Lipinski definition) is 0. The van der Waals surface area contributed by atoms with E-state index < -0.39 is 5.09 Å². The van der Waals surface area contributed by atoms with Crippen molar-refractivity contribution in [1.82, 2.24) is 0 Å². The van der Waals surface area contributed by atoms with Crippen molar-refractivity contribution in [2.75, 3.05) is 26.2 Å². The zero-order chi connectivity index (χ0) is 54.5. The Morgan fingerprint density at radius 3 is 0.743 bits per heavy atom. The van der Waals surface area contributed by atoms with Crippen LogP contribution in [0.1, 0.15) is 361 Å².